The monoisotopic (exact) mass is 573 g/mol. The van der Waals surface area contributed by atoms with Gasteiger partial charge in [0.15, 0.2) is 11.2 Å². The fourth-order valence-electron chi connectivity index (χ4n) is 4.34. The molecule has 0 radical (unpaired) electrons. The number of rotatable bonds is 8. The van der Waals surface area contributed by atoms with Crippen molar-refractivity contribution < 1.29 is 38.2 Å². The maximum absolute atomic E-state index is 12.7. The summed E-state index contributed by atoms with van der Waals surface area (Å²) < 4.78 is 36.6. The van der Waals surface area contributed by atoms with Crippen molar-refractivity contribution in [3.63, 3.8) is 0 Å². The van der Waals surface area contributed by atoms with Crippen molar-refractivity contribution in [3.05, 3.63) is 39.4 Å². The Morgan fingerprint density at radius 1 is 1.18 bits per heavy atom. The van der Waals surface area contributed by atoms with Crippen LogP contribution in [0.25, 0.3) is 11.2 Å². The summed E-state index contributed by atoms with van der Waals surface area (Å²) >= 11 is 0. The van der Waals surface area contributed by atoms with Crippen LogP contribution < -0.4 is 34.0 Å². The van der Waals surface area contributed by atoms with Crippen LogP contribution in [0.5, 0.6) is 0 Å². The lowest BCUT2D eigenvalue weighted by Gasteiger charge is -2.24. The molecule has 0 bridgehead atoms. The number of fused-ring (bicyclic) bond motifs is 1. The number of aromatic nitrogens is 6. The highest BCUT2D eigenvalue weighted by Crippen LogP contribution is 2.48. The van der Waals surface area contributed by atoms with Gasteiger partial charge in [0.05, 0.1) is 25.6 Å². The predicted molar refractivity (Wildman–Crippen MR) is 130 cm³/mol. The van der Waals surface area contributed by atoms with Crippen LogP contribution in [0.15, 0.2) is 28.2 Å². The number of nitrogens with two attached hydrogens (primary N) is 2. The second-order valence-corrected chi connectivity index (χ2v) is 10.1. The van der Waals surface area contributed by atoms with Gasteiger partial charge in [0.1, 0.15) is 30.5 Å². The third-order valence-electron chi connectivity index (χ3n) is 6.13. The molecule has 5 heterocycles. The topological polar surface area (TPSA) is 305 Å². The van der Waals surface area contributed by atoms with E-state index in [0.29, 0.717) is 0 Å². The van der Waals surface area contributed by atoms with Crippen molar-refractivity contribution in [2.75, 3.05) is 24.7 Å². The maximum atomic E-state index is 12.7. The van der Waals surface area contributed by atoms with E-state index in [2.05, 4.69) is 19.9 Å². The van der Waals surface area contributed by atoms with Crippen LogP contribution in [0.4, 0.5) is 11.8 Å². The highest BCUT2D eigenvalue weighted by Gasteiger charge is 2.42. The highest BCUT2D eigenvalue weighted by atomic mass is 31.2. The summed E-state index contributed by atoms with van der Waals surface area (Å²) in [5, 5.41) is 22.2. The van der Waals surface area contributed by atoms with Gasteiger partial charge in [-0.25, -0.2) is 14.3 Å². The minimum Gasteiger partial charge on any atom is -0.850 e. The Morgan fingerprint density at radius 3 is 2.62 bits per heavy atom. The Labute approximate surface area is 218 Å². The number of nitrogens with zero attached hydrogens (tertiary/aromatic N) is 5. The smallest absolute Gasteiger partial charge is 0.472 e. The minimum atomic E-state index is -4.77. The first-order valence-electron chi connectivity index (χ1n) is 11.3. The van der Waals surface area contributed by atoms with E-state index in [1.54, 1.807) is 0 Å². The number of hydrogen-bond acceptors (Lipinski definition) is 14. The molecular weight excluding hydrogens is 545 g/mol. The summed E-state index contributed by atoms with van der Waals surface area (Å²) in [5.41, 5.74) is 9.92. The van der Waals surface area contributed by atoms with Crippen LogP contribution in [0.2, 0.25) is 0 Å². The molecule has 19 nitrogen and oxygen atoms in total. The quantitative estimate of drug-likeness (QED) is 0.155. The highest BCUT2D eigenvalue weighted by molar-refractivity contribution is 7.47. The van der Waals surface area contributed by atoms with Crippen molar-refractivity contribution in [1.82, 2.24) is 35.2 Å². The van der Waals surface area contributed by atoms with E-state index in [-0.39, 0.29) is 41.9 Å². The van der Waals surface area contributed by atoms with Crippen LogP contribution in [-0.4, -0.2) is 76.7 Å². The number of phosphoric ester groups is 1. The van der Waals surface area contributed by atoms with Gasteiger partial charge in [0.2, 0.25) is 5.95 Å². The standard InChI is InChI=1S/C19H24N8O10P.H3N/c20-12-1-2-26(19(31)23-12)14-4-9(10(5-28)35-14)37-38(32,33)34-6-11-8(29)3-13(36-11)27-7-22-15-16(27)24-18(21)25-17(15)30;/h1-2,7-11,13-14,28H,3-6H2,(H,32,33)(H2,20,23,31)(H3,21,24,25,30);1H3/q-1;/p+1/t8-,9-,10-,11-,13-,14-;/m1./s1. The van der Waals surface area contributed by atoms with Gasteiger partial charge in [-0.3, -0.25) is 28.0 Å². The van der Waals surface area contributed by atoms with E-state index in [1.807, 2.05) is 0 Å². The number of nitrogen functional groups attached to an aromatic ring is 2. The van der Waals surface area contributed by atoms with Crippen LogP contribution in [0.3, 0.4) is 0 Å². The van der Waals surface area contributed by atoms with Crippen molar-refractivity contribution in [3.8, 4) is 0 Å². The third kappa shape index (κ3) is 5.86. The number of imidazole rings is 1. The van der Waals surface area contributed by atoms with Gasteiger partial charge in [-0.1, -0.05) is 6.10 Å². The summed E-state index contributed by atoms with van der Waals surface area (Å²) in [6.45, 7) is -1.17. The van der Waals surface area contributed by atoms with E-state index >= 15 is 0 Å². The molecule has 3 aromatic rings. The van der Waals surface area contributed by atoms with E-state index in [9.17, 15) is 29.3 Å². The number of ether oxygens (including phenoxy) is 2. The summed E-state index contributed by atoms with van der Waals surface area (Å²) in [4.78, 5) is 48.3. The molecule has 2 aliphatic rings. The van der Waals surface area contributed by atoms with Gasteiger partial charge in [0.25, 0.3) is 5.56 Å². The largest absolute Gasteiger partial charge is 0.850 e. The lowest BCUT2D eigenvalue weighted by Crippen LogP contribution is -2.37. The van der Waals surface area contributed by atoms with Crippen molar-refractivity contribution in [2.24, 2.45) is 0 Å². The Bertz CT molecular complexity index is 1490. The first kappa shape index (κ1) is 28.7. The van der Waals surface area contributed by atoms with Crippen molar-refractivity contribution in [1.29, 1.82) is 0 Å². The number of aliphatic hydroxyl groups excluding tert-OH is 1. The van der Waals surface area contributed by atoms with Gasteiger partial charge >= 0.3 is 13.5 Å². The molecule has 20 heteroatoms. The SMILES string of the molecule is Nc1ccn([C@H]2C[C@@H](OP(=O)(O)OC[C@H]3O[C@@H](n4cnc5c(=O)[nH]c(N)nc54)C[C@H]3[O-])[C@@H](CO)O2)c(=O)n1.[NH4+]. The van der Waals surface area contributed by atoms with E-state index in [4.69, 9.17) is 30.0 Å². The van der Waals surface area contributed by atoms with Gasteiger partial charge in [-0.05, 0) is 12.5 Å². The molecule has 3 aromatic heterocycles. The lowest BCUT2D eigenvalue weighted by atomic mass is 10.2. The summed E-state index contributed by atoms with van der Waals surface area (Å²) in [6, 6.07) is 1.37. The van der Waals surface area contributed by atoms with Crippen LogP contribution >= 0.6 is 7.82 Å². The Morgan fingerprint density at radius 2 is 1.90 bits per heavy atom. The Balaban J connectivity index is 0.00000353. The average molecular weight is 573 g/mol. The number of hydrogen-bond donors (Lipinski definition) is 6. The first-order valence-corrected chi connectivity index (χ1v) is 12.8. The molecule has 214 valence electrons. The molecule has 2 fully saturated rings. The number of phosphoric acid groups is 1. The number of nitrogens with one attached hydrogen (secondary N) is 1. The summed E-state index contributed by atoms with van der Waals surface area (Å²) in [6.07, 6.45) is -4.04. The molecule has 0 aromatic carbocycles. The fourth-order valence-corrected chi connectivity index (χ4v) is 5.30. The molecule has 7 atom stereocenters. The molecule has 0 amide bonds. The van der Waals surface area contributed by atoms with Crippen molar-refractivity contribution in [2.45, 2.75) is 49.7 Å². The molecule has 0 aliphatic carbocycles. The zero-order valence-electron chi connectivity index (χ0n) is 20.5. The zero-order valence-corrected chi connectivity index (χ0v) is 21.4. The zero-order chi connectivity index (χ0) is 27.2. The number of aromatic amines is 1. The molecule has 0 saturated carbocycles. The van der Waals surface area contributed by atoms with E-state index in [0.717, 1.165) is 4.57 Å². The van der Waals surface area contributed by atoms with E-state index < -0.39 is 69.2 Å². The fraction of sp³-hybridized carbons (Fsp3) is 0.526. The maximum Gasteiger partial charge on any atom is 0.472 e. The van der Waals surface area contributed by atoms with Crippen LogP contribution in [-0.2, 0) is 23.1 Å². The minimum absolute atomic E-state index is 0. The van der Waals surface area contributed by atoms with Gasteiger partial charge in [-0.15, -0.1) is 0 Å². The van der Waals surface area contributed by atoms with Crippen LogP contribution in [0.1, 0.15) is 25.3 Å². The third-order valence-corrected chi connectivity index (χ3v) is 7.15. The normalized spacial score (nSPS) is 28.4. The molecular formula is C19H28N9O10P. The second-order valence-electron chi connectivity index (χ2n) is 8.68. The summed E-state index contributed by atoms with van der Waals surface area (Å²) in [7, 11) is -4.77. The predicted octanol–water partition coefficient (Wildman–Crippen LogP) is -2.28. The first-order chi connectivity index (χ1) is 18.0. The average Bonchev–Trinajstić information content (AvgIpc) is 3.54. The molecule has 0 spiro atoms. The number of anilines is 2. The van der Waals surface area contributed by atoms with Crippen LogP contribution in [0, 0.1) is 0 Å². The number of aliphatic hydroxyl groups is 1. The number of H-pyrrole nitrogens is 1. The second kappa shape index (κ2) is 11.1. The Hall–Kier alpha value is -3.26. The Kier molecular flexibility index (Phi) is 8.17. The van der Waals surface area contributed by atoms with E-state index in [1.165, 1.54) is 23.2 Å². The number of quaternary nitrogens is 1. The van der Waals surface area contributed by atoms with Gasteiger partial charge in [-0.2, -0.15) is 9.97 Å². The summed E-state index contributed by atoms with van der Waals surface area (Å²) in [5.74, 6) is -0.136. The molecule has 2 saturated heterocycles. The molecule has 39 heavy (non-hydrogen) atoms. The van der Waals surface area contributed by atoms with Gasteiger partial charge in [0, 0.05) is 12.6 Å². The molecule has 1 unspecified atom stereocenters. The van der Waals surface area contributed by atoms with Crippen molar-refractivity contribution >= 4 is 30.8 Å². The lowest BCUT2D eigenvalue weighted by molar-refractivity contribution is -0.427. The molecule has 11 N–H and O–H groups in total. The van der Waals surface area contributed by atoms with Gasteiger partial charge < -0.3 is 42.2 Å². The molecule has 2 aliphatic heterocycles. The molecule has 5 rings (SSSR count).